The third kappa shape index (κ3) is 13.3. The molecule has 0 saturated heterocycles. The number of esters is 2. The molecule has 7 nitrogen and oxygen atoms in total. The number of carbonyl (C=O) groups is 4. The number of hydrogen-bond acceptors (Lipinski definition) is 6. The lowest BCUT2D eigenvalue weighted by molar-refractivity contribution is -0.147. The first-order valence-corrected chi connectivity index (χ1v) is 15.8. The SMILES string of the molecule is CC(=O)OC(CCC(C(C)=O)C(C)c1ccc(OC(=O)CCCC(=O)O)cc1)c1ccc(C)cc1.CC[C@@H](C)c1ccc(F)cc1. The van der Waals surface area contributed by atoms with Crippen LogP contribution in [0.15, 0.2) is 72.8 Å². The van der Waals surface area contributed by atoms with Gasteiger partial charge in [-0.15, -0.1) is 0 Å². The lowest BCUT2D eigenvalue weighted by atomic mass is 9.81. The summed E-state index contributed by atoms with van der Waals surface area (Å²) in [6.07, 6.45) is 1.91. The number of rotatable bonds is 15. The van der Waals surface area contributed by atoms with Crippen LogP contribution >= 0.6 is 0 Å². The van der Waals surface area contributed by atoms with Gasteiger partial charge in [-0.05, 0) is 92.3 Å². The van der Waals surface area contributed by atoms with Crippen molar-refractivity contribution in [2.24, 2.45) is 5.92 Å². The predicted molar refractivity (Wildman–Crippen MR) is 176 cm³/mol. The second-order valence-electron chi connectivity index (χ2n) is 11.7. The van der Waals surface area contributed by atoms with Crippen LogP contribution in [0.4, 0.5) is 4.39 Å². The summed E-state index contributed by atoms with van der Waals surface area (Å²) in [6, 6.07) is 21.5. The van der Waals surface area contributed by atoms with E-state index in [0.717, 1.165) is 23.1 Å². The molecule has 0 aliphatic carbocycles. The summed E-state index contributed by atoms with van der Waals surface area (Å²) in [6.45, 7) is 11.2. The first-order chi connectivity index (χ1) is 21.8. The number of hydrogen-bond donors (Lipinski definition) is 1. The Morgan fingerprint density at radius 3 is 1.87 bits per heavy atom. The van der Waals surface area contributed by atoms with Crippen LogP contribution in [0.25, 0.3) is 0 Å². The third-order valence-electron chi connectivity index (χ3n) is 8.08. The van der Waals surface area contributed by atoms with Crippen molar-refractivity contribution < 1.29 is 38.1 Å². The predicted octanol–water partition coefficient (Wildman–Crippen LogP) is 8.89. The van der Waals surface area contributed by atoms with Gasteiger partial charge in [0, 0.05) is 25.7 Å². The smallest absolute Gasteiger partial charge is 0.311 e. The first-order valence-electron chi connectivity index (χ1n) is 15.8. The van der Waals surface area contributed by atoms with Gasteiger partial charge >= 0.3 is 17.9 Å². The number of benzene rings is 3. The Labute approximate surface area is 272 Å². The molecule has 0 heterocycles. The molecule has 0 saturated carbocycles. The number of ether oxygens (including phenoxy) is 2. The maximum absolute atomic E-state index is 12.5. The normalized spacial score (nSPS) is 13.3. The molecule has 0 fully saturated rings. The molecular weight excluding hydrogens is 587 g/mol. The maximum Gasteiger partial charge on any atom is 0.311 e. The standard InChI is InChI=1S/C28H34O7.C10H13F/c1-18-8-10-23(11-9-18)26(34-21(4)30)17-16-25(20(3)29)19(2)22-12-14-24(15-13-22)35-28(33)7-5-6-27(31)32;1-3-8(2)9-4-6-10(11)7-5-9/h8-15,19,25-26H,5-7,16-17H2,1-4H3,(H,31,32);4-8H,3H2,1-2H3/t;8-/m.1/s1. The Bertz CT molecular complexity index is 1400. The van der Waals surface area contributed by atoms with Crippen LogP contribution in [-0.2, 0) is 23.9 Å². The Morgan fingerprint density at radius 2 is 1.35 bits per heavy atom. The molecule has 4 atom stereocenters. The minimum Gasteiger partial charge on any atom is -0.481 e. The van der Waals surface area contributed by atoms with Gasteiger partial charge in [0.15, 0.2) is 0 Å². The lowest BCUT2D eigenvalue weighted by Crippen LogP contribution is -2.20. The largest absolute Gasteiger partial charge is 0.481 e. The maximum atomic E-state index is 12.5. The first kappa shape index (κ1) is 37.9. The molecule has 3 rings (SSSR count). The number of aryl methyl sites for hydroxylation is 1. The molecule has 1 N–H and O–H groups in total. The monoisotopic (exact) mass is 634 g/mol. The summed E-state index contributed by atoms with van der Waals surface area (Å²) >= 11 is 0. The molecular formula is C38H47FO7. The highest BCUT2D eigenvalue weighted by molar-refractivity contribution is 5.79. The topological polar surface area (TPSA) is 107 Å². The van der Waals surface area contributed by atoms with Gasteiger partial charge in [-0.2, -0.15) is 0 Å². The molecule has 248 valence electrons. The van der Waals surface area contributed by atoms with E-state index in [9.17, 15) is 23.6 Å². The van der Waals surface area contributed by atoms with Gasteiger partial charge in [0.25, 0.3) is 0 Å². The van der Waals surface area contributed by atoms with Gasteiger partial charge in [0.1, 0.15) is 23.5 Å². The zero-order chi connectivity index (χ0) is 34.2. The number of carboxylic acids is 1. The molecule has 8 heteroatoms. The number of carboxylic acid groups (broad SMARTS) is 1. The molecule has 0 aliphatic heterocycles. The second-order valence-corrected chi connectivity index (χ2v) is 11.7. The van der Waals surface area contributed by atoms with Crippen molar-refractivity contribution >= 4 is 23.7 Å². The number of ketones is 1. The third-order valence-corrected chi connectivity index (χ3v) is 8.08. The number of halogens is 1. The summed E-state index contributed by atoms with van der Waals surface area (Å²) in [7, 11) is 0. The van der Waals surface area contributed by atoms with E-state index in [1.54, 1.807) is 19.1 Å². The number of aliphatic carboxylic acids is 1. The van der Waals surface area contributed by atoms with Crippen molar-refractivity contribution in [2.75, 3.05) is 0 Å². The van der Waals surface area contributed by atoms with E-state index in [2.05, 4.69) is 13.8 Å². The van der Waals surface area contributed by atoms with Gasteiger partial charge in [-0.3, -0.25) is 19.2 Å². The molecule has 0 amide bonds. The van der Waals surface area contributed by atoms with Crippen LogP contribution < -0.4 is 4.74 Å². The van der Waals surface area contributed by atoms with Crippen LogP contribution in [0.5, 0.6) is 5.75 Å². The van der Waals surface area contributed by atoms with Gasteiger partial charge in [-0.25, -0.2) is 4.39 Å². The second kappa shape index (κ2) is 19.2. The van der Waals surface area contributed by atoms with Crippen LogP contribution in [0.2, 0.25) is 0 Å². The number of Topliss-reactive ketones (excluding diaryl/α,β-unsaturated/α-hetero) is 1. The molecule has 0 aromatic heterocycles. The van der Waals surface area contributed by atoms with E-state index >= 15 is 0 Å². The van der Waals surface area contributed by atoms with Crippen LogP contribution in [0, 0.1) is 18.7 Å². The fourth-order valence-electron chi connectivity index (χ4n) is 5.08. The van der Waals surface area contributed by atoms with Gasteiger partial charge in [-0.1, -0.05) is 74.9 Å². The summed E-state index contributed by atoms with van der Waals surface area (Å²) < 4.78 is 23.3. The molecule has 0 aliphatic rings. The highest BCUT2D eigenvalue weighted by atomic mass is 19.1. The zero-order valence-corrected chi connectivity index (χ0v) is 27.8. The van der Waals surface area contributed by atoms with E-state index < -0.39 is 18.0 Å². The van der Waals surface area contributed by atoms with E-state index in [1.807, 2.05) is 62.4 Å². The van der Waals surface area contributed by atoms with Crippen LogP contribution in [0.1, 0.15) is 113 Å². The molecule has 3 aromatic carbocycles. The molecule has 0 spiro atoms. The number of carbonyl (C=O) groups excluding carboxylic acids is 3. The lowest BCUT2D eigenvalue weighted by Gasteiger charge is -2.25. The Balaban J connectivity index is 0.000000562. The van der Waals surface area contributed by atoms with Crippen molar-refractivity contribution in [3.63, 3.8) is 0 Å². The van der Waals surface area contributed by atoms with Crippen molar-refractivity contribution in [3.05, 3.63) is 101 Å². The van der Waals surface area contributed by atoms with E-state index in [0.29, 0.717) is 24.5 Å². The van der Waals surface area contributed by atoms with Gasteiger partial charge < -0.3 is 14.6 Å². The molecule has 0 bridgehead atoms. The highest BCUT2D eigenvalue weighted by Gasteiger charge is 2.26. The van der Waals surface area contributed by atoms with Gasteiger partial charge in [0.2, 0.25) is 0 Å². The molecule has 0 radical (unpaired) electrons. The minimum absolute atomic E-state index is 0.0291. The van der Waals surface area contributed by atoms with Crippen molar-refractivity contribution in [3.8, 4) is 5.75 Å². The fourth-order valence-corrected chi connectivity index (χ4v) is 5.08. The summed E-state index contributed by atoms with van der Waals surface area (Å²) in [5, 5.41) is 8.66. The highest BCUT2D eigenvalue weighted by Crippen LogP contribution is 2.33. The molecule has 3 aromatic rings. The van der Waals surface area contributed by atoms with E-state index in [-0.39, 0.29) is 48.7 Å². The van der Waals surface area contributed by atoms with Crippen LogP contribution in [0.3, 0.4) is 0 Å². The Hall–Kier alpha value is -4.33. The average Bonchev–Trinajstić information content (AvgIpc) is 3.01. The molecule has 3 unspecified atom stereocenters. The fraction of sp³-hybridized carbons (Fsp3) is 0.421. The minimum atomic E-state index is -0.950. The Kier molecular flexibility index (Phi) is 15.8. The van der Waals surface area contributed by atoms with E-state index in [4.69, 9.17) is 14.6 Å². The summed E-state index contributed by atoms with van der Waals surface area (Å²) in [5.41, 5.74) is 4.15. The van der Waals surface area contributed by atoms with Crippen molar-refractivity contribution in [1.82, 2.24) is 0 Å². The van der Waals surface area contributed by atoms with Crippen molar-refractivity contribution in [2.45, 2.75) is 98.0 Å². The summed E-state index contributed by atoms with van der Waals surface area (Å²) in [4.78, 5) is 46.6. The Morgan fingerprint density at radius 1 is 0.783 bits per heavy atom. The average molecular weight is 635 g/mol. The summed E-state index contributed by atoms with van der Waals surface area (Å²) in [5.74, 6) is -1.36. The van der Waals surface area contributed by atoms with Crippen molar-refractivity contribution in [1.29, 1.82) is 0 Å². The molecule has 46 heavy (non-hydrogen) atoms. The van der Waals surface area contributed by atoms with Crippen LogP contribution in [-0.4, -0.2) is 28.8 Å². The van der Waals surface area contributed by atoms with Gasteiger partial charge in [0.05, 0.1) is 0 Å². The zero-order valence-electron chi connectivity index (χ0n) is 27.8. The van der Waals surface area contributed by atoms with E-state index in [1.165, 1.54) is 24.6 Å². The quantitative estimate of drug-likeness (QED) is 0.131.